The second-order valence-electron chi connectivity index (χ2n) is 4.56. The molecule has 0 radical (unpaired) electrons. The number of hydrogen-bond acceptors (Lipinski definition) is 4. The van der Waals surface area contributed by atoms with Gasteiger partial charge in [-0.2, -0.15) is 0 Å². The first-order chi connectivity index (χ1) is 8.74. The summed E-state index contributed by atoms with van der Waals surface area (Å²) >= 11 is 6.03. The fourth-order valence-corrected chi connectivity index (χ4v) is 2.57. The lowest BCUT2D eigenvalue weighted by molar-refractivity contribution is 0.176. The normalized spacial score (nSPS) is 20.9. The lowest BCUT2D eigenvalue weighted by Gasteiger charge is -2.22. The molecule has 0 spiro atoms. The molecule has 2 rings (SSSR count). The molecular weight excluding hydrogens is 252 g/mol. The molecule has 0 aromatic heterocycles. The Morgan fingerprint density at radius 1 is 1.61 bits per heavy atom. The number of hydrazine groups is 1. The summed E-state index contributed by atoms with van der Waals surface area (Å²) in [6.07, 6.45) is 1.83. The SMILES string of the molecule is COc1ccc(Cl)cc1CC(NN)C1CCOC1. The number of nitrogens with two attached hydrogens (primary N) is 1. The van der Waals surface area contributed by atoms with Crippen molar-refractivity contribution in [2.24, 2.45) is 11.8 Å². The minimum atomic E-state index is 0.180. The van der Waals surface area contributed by atoms with Gasteiger partial charge in [0, 0.05) is 23.6 Å². The van der Waals surface area contributed by atoms with Gasteiger partial charge in [0.2, 0.25) is 0 Å². The average Bonchev–Trinajstić information content (AvgIpc) is 2.90. The molecular formula is C13H19ClN2O2. The molecule has 2 atom stereocenters. The third kappa shape index (κ3) is 3.14. The first kappa shape index (κ1) is 13.6. The van der Waals surface area contributed by atoms with Gasteiger partial charge in [-0.1, -0.05) is 11.6 Å². The molecule has 5 heteroatoms. The van der Waals surface area contributed by atoms with E-state index in [1.54, 1.807) is 7.11 Å². The highest BCUT2D eigenvalue weighted by atomic mass is 35.5. The quantitative estimate of drug-likeness (QED) is 0.632. The van der Waals surface area contributed by atoms with Gasteiger partial charge in [-0.3, -0.25) is 11.3 Å². The van der Waals surface area contributed by atoms with Gasteiger partial charge in [-0.05, 0) is 36.6 Å². The Morgan fingerprint density at radius 2 is 2.44 bits per heavy atom. The van der Waals surface area contributed by atoms with E-state index in [9.17, 15) is 0 Å². The van der Waals surface area contributed by atoms with Crippen LogP contribution in [0.25, 0.3) is 0 Å². The molecule has 3 N–H and O–H groups in total. The Bertz CT molecular complexity index is 395. The van der Waals surface area contributed by atoms with Crippen LogP contribution in [0.15, 0.2) is 18.2 Å². The molecule has 100 valence electrons. The van der Waals surface area contributed by atoms with Crippen LogP contribution >= 0.6 is 11.6 Å². The summed E-state index contributed by atoms with van der Waals surface area (Å²) in [5.74, 6) is 6.94. The van der Waals surface area contributed by atoms with Crippen molar-refractivity contribution >= 4 is 11.6 Å². The van der Waals surface area contributed by atoms with Gasteiger partial charge in [0.1, 0.15) is 5.75 Å². The van der Waals surface area contributed by atoms with Gasteiger partial charge in [-0.25, -0.2) is 0 Å². The minimum Gasteiger partial charge on any atom is -0.496 e. The third-order valence-electron chi connectivity index (χ3n) is 3.43. The molecule has 0 saturated carbocycles. The molecule has 4 nitrogen and oxygen atoms in total. The van der Waals surface area contributed by atoms with Crippen molar-refractivity contribution in [1.29, 1.82) is 0 Å². The molecule has 2 unspecified atom stereocenters. The van der Waals surface area contributed by atoms with Crippen LogP contribution in [0.4, 0.5) is 0 Å². The zero-order chi connectivity index (χ0) is 13.0. The van der Waals surface area contributed by atoms with Crippen molar-refractivity contribution in [1.82, 2.24) is 5.43 Å². The zero-order valence-electron chi connectivity index (χ0n) is 10.5. The number of methoxy groups -OCH3 is 1. The van der Waals surface area contributed by atoms with E-state index in [0.717, 1.165) is 37.4 Å². The highest BCUT2D eigenvalue weighted by molar-refractivity contribution is 6.30. The van der Waals surface area contributed by atoms with Crippen molar-refractivity contribution in [3.63, 3.8) is 0 Å². The first-order valence-electron chi connectivity index (χ1n) is 6.11. The largest absolute Gasteiger partial charge is 0.496 e. The summed E-state index contributed by atoms with van der Waals surface area (Å²) in [7, 11) is 1.66. The van der Waals surface area contributed by atoms with Crippen LogP contribution in [-0.2, 0) is 11.2 Å². The van der Waals surface area contributed by atoms with Crippen LogP contribution in [0.5, 0.6) is 5.75 Å². The number of halogens is 1. The van der Waals surface area contributed by atoms with Crippen LogP contribution < -0.4 is 16.0 Å². The smallest absolute Gasteiger partial charge is 0.122 e. The topological polar surface area (TPSA) is 56.5 Å². The van der Waals surface area contributed by atoms with E-state index < -0.39 is 0 Å². The summed E-state index contributed by atoms with van der Waals surface area (Å²) in [5, 5.41) is 0.712. The van der Waals surface area contributed by atoms with Crippen LogP contribution in [-0.4, -0.2) is 26.4 Å². The predicted molar refractivity (Wildman–Crippen MR) is 71.7 cm³/mol. The van der Waals surface area contributed by atoms with Crippen molar-refractivity contribution in [3.05, 3.63) is 28.8 Å². The highest BCUT2D eigenvalue weighted by Gasteiger charge is 2.25. The van der Waals surface area contributed by atoms with Gasteiger partial charge in [0.25, 0.3) is 0 Å². The number of rotatable bonds is 5. The third-order valence-corrected chi connectivity index (χ3v) is 3.67. The van der Waals surface area contributed by atoms with Gasteiger partial charge < -0.3 is 9.47 Å². The highest BCUT2D eigenvalue weighted by Crippen LogP contribution is 2.27. The Balaban J connectivity index is 2.12. The van der Waals surface area contributed by atoms with E-state index >= 15 is 0 Å². The van der Waals surface area contributed by atoms with Gasteiger partial charge in [0.15, 0.2) is 0 Å². The lowest BCUT2D eigenvalue weighted by Crippen LogP contribution is -2.42. The predicted octanol–water partition coefficient (Wildman–Crippen LogP) is 1.76. The molecule has 0 bridgehead atoms. The Morgan fingerprint density at radius 3 is 3.06 bits per heavy atom. The molecule has 1 aromatic carbocycles. The summed E-state index contributed by atoms with van der Waals surface area (Å²) < 4.78 is 10.8. The van der Waals surface area contributed by atoms with E-state index in [0.29, 0.717) is 10.9 Å². The maximum Gasteiger partial charge on any atom is 0.122 e. The second kappa shape index (κ2) is 6.38. The molecule has 1 fully saturated rings. The van der Waals surface area contributed by atoms with E-state index in [4.69, 9.17) is 26.9 Å². The maximum atomic E-state index is 6.03. The summed E-state index contributed by atoms with van der Waals surface area (Å²) in [4.78, 5) is 0. The van der Waals surface area contributed by atoms with Crippen LogP contribution in [0.3, 0.4) is 0 Å². The standard InChI is InChI=1S/C13H19ClN2O2/c1-17-13-3-2-11(14)6-10(13)7-12(16-15)9-4-5-18-8-9/h2-3,6,9,12,16H,4-5,7-8,15H2,1H3. The molecule has 1 heterocycles. The number of ether oxygens (including phenoxy) is 2. The lowest BCUT2D eigenvalue weighted by atomic mass is 9.93. The molecule has 1 aliphatic heterocycles. The second-order valence-corrected chi connectivity index (χ2v) is 4.99. The summed E-state index contributed by atoms with van der Waals surface area (Å²) in [6.45, 7) is 1.58. The van der Waals surface area contributed by atoms with Crippen LogP contribution in [0.2, 0.25) is 5.02 Å². The number of benzene rings is 1. The molecule has 0 aliphatic carbocycles. The Hall–Kier alpha value is -0.810. The zero-order valence-corrected chi connectivity index (χ0v) is 11.2. The minimum absolute atomic E-state index is 0.180. The van der Waals surface area contributed by atoms with Gasteiger partial charge in [-0.15, -0.1) is 0 Å². The average molecular weight is 271 g/mol. The molecule has 1 saturated heterocycles. The Labute approximate surface area is 112 Å². The van der Waals surface area contributed by atoms with Crippen molar-refractivity contribution < 1.29 is 9.47 Å². The van der Waals surface area contributed by atoms with Crippen molar-refractivity contribution in [2.75, 3.05) is 20.3 Å². The number of nitrogens with one attached hydrogen (secondary N) is 1. The Kier molecular flexibility index (Phi) is 4.83. The molecule has 1 aromatic rings. The summed E-state index contributed by atoms with van der Waals surface area (Å²) in [6, 6.07) is 5.82. The molecule has 0 amide bonds. The van der Waals surface area contributed by atoms with Crippen molar-refractivity contribution in [2.45, 2.75) is 18.9 Å². The molecule has 1 aliphatic rings. The first-order valence-corrected chi connectivity index (χ1v) is 6.48. The fraction of sp³-hybridized carbons (Fsp3) is 0.538. The van der Waals surface area contributed by atoms with Gasteiger partial charge >= 0.3 is 0 Å². The fourth-order valence-electron chi connectivity index (χ4n) is 2.38. The van der Waals surface area contributed by atoms with E-state index in [1.807, 2.05) is 18.2 Å². The molecule has 18 heavy (non-hydrogen) atoms. The van der Waals surface area contributed by atoms with E-state index in [-0.39, 0.29) is 6.04 Å². The van der Waals surface area contributed by atoms with E-state index in [2.05, 4.69) is 5.43 Å². The maximum absolute atomic E-state index is 6.03. The van der Waals surface area contributed by atoms with Crippen molar-refractivity contribution in [3.8, 4) is 5.75 Å². The van der Waals surface area contributed by atoms with E-state index in [1.165, 1.54) is 0 Å². The summed E-state index contributed by atoms with van der Waals surface area (Å²) in [5.41, 5.74) is 3.95. The monoisotopic (exact) mass is 270 g/mol. The van der Waals surface area contributed by atoms with Gasteiger partial charge in [0.05, 0.1) is 13.7 Å². The van der Waals surface area contributed by atoms with Crippen LogP contribution in [0.1, 0.15) is 12.0 Å². The number of hydrogen-bond donors (Lipinski definition) is 2. The van der Waals surface area contributed by atoms with Crippen LogP contribution in [0, 0.1) is 5.92 Å².